The molecule has 11 heavy (non-hydrogen) atoms. The Morgan fingerprint density at radius 3 is 2.36 bits per heavy atom. The minimum Gasteiger partial charge on any atom is -0.382 e. The molecule has 58 valence electrons. The number of rotatable bonds is 2. The highest BCUT2D eigenvalue weighted by Crippen LogP contribution is 2.24. The van der Waals surface area contributed by atoms with E-state index in [1.165, 1.54) is 22.1 Å². The van der Waals surface area contributed by atoms with Crippen LogP contribution < -0.4 is 5.32 Å². The molecule has 0 unspecified atom stereocenters. The van der Waals surface area contributed by atoms with Crippen LogP contribution >= 0.6 is 22.6 Å². The zero-order chi connectivity index (χ0) is 7.68. The molecule has 1 fully saturated rings. The molecular formula is C9H10IN. The SMILES string of the molecule is Ic1ccc(NC2CC2)cc1. The van der Waals surface area contributed by atoms with E-state index in [0.717, 1.165) is 6.04 Å². The number of hydrogen-bond donors (Lipinski definition) is 1. The van der Waals surface area contributed by atoms with Gasteiger partial charge in [0.1, 0.15) is 0 Å². The van der Waals surface area contributed by atoms with E-state index in [9.17, 15) is 0 Å². The lowest BCUT2D eigenvalue weighted by Crippen LogP contribution is -1.99. The number of nitrogens with one attached hydrogen (secondary N) is 1. The third kappa shape index (κ3) is 2.09. The molecule has 0 aliphatic heterocycles. The van der Waals surface area contributed by atoms with Gasteiger partial charge in [0.15, 0.2) is 0 Å². The van der Waals surface area contributed by atoms with E-state index >= 15 is 0 Å². The molecule has 1 nitrogen and oxygen atoms in total. The summed E-state index contributed by atoms with van der Waals surface area (Å²) in [6.07, 6.45) is 2.68. The van der Waals surface area contributed by atoms with Gasteiger partial charge in [-0.05, 0) is 59.7 Å². The monoisotopic (exact) mass is 259 g/mol. The molecular weight excluding hydrogens is 249 g/mol. The van der Waals surface area contributed by atoms with Crippen LogP contribution in [0.2, 0.25) is 0 Å². The van der Waals surface area contributed by atoms with Crippen molar-refractivity contribution in [2.24, 2.45) is 0 Å². The predicted octanol–water partition coefficient (Wildman–Crippen LogP) is 2.87. The van der Waals surface area contributed by atoms with Crippen molar-refractivity contribution in [3.8, 4) is 0 Å². The molecule has 1 aromatic carbocycles. The van der Waals surface area contributed by atoms with E-state index in [4.69, 9.17) is 0 Å². The van der Waals surface area contributed by atoms with E-state index < -0.39 is 0 Å². The minimum atomic E-state index is 0.759. The van der Waals surface area contributed by atoms with E-state index in [1.807, 2.05) is 0 Å². The Kier molecular flexibility index (Phi) is 2.02. The topological polar surface area (TPSA) is 12.0 Å². The Morgan fingerprint density at radius 2 is 1.82 bits per heavy atom. The lowest BCUT2D eigenvalue weighted by atomic mass is 10.3. The highest BCUT2D eigenvalue weighted by Gasteiger charge is 2.20. The van der Waals surface area contributed by atoms with E-state index in [1.54, 1.807) is 0 Å². The summed E-state index contributed by atoms with van der Waals surface area (Å²) in [4.78, 5) is 0. The zero-order valence-electron chi connectivity index (χ0n) is 6.18. The van der Waals surface area contributed by atoms with E-state index in [-0.39, 0.29) is 0 Å². The van der Waals surface area contributed by atoms with Crippen molar-refractivity contribution in [3.05, 3.63) is 27.8 Å². The fourth-order valence-corrected chi connectivity index (χ4v) is 1.37. The molecule has 0 bridgehead atoms. The quantitative estimate of drug-likeness (QED) is 0.805. The van der Waals surface area contributed by atoms with Crippen LogP contribution in [0.4, 0.5) is 5.69 Å². The minimum absolute atomic E-state index is 0.759. The molecule has 0 amide bonds. The van der Waals surface area contributed by atoms with Gasteiger partial charge in [0.25, 0.3) is 0 Å². The summed E-state index contributed by atoms with van der Waals surface area (Å²) in [5.41, 5.74) is 1.26. The van der Waals surface area contributed by atoms with Crippen molar-refractivity contribution in [1.29, 1.82) is 0 Å². The Labute approximate surface area is 80.3 Å². The Bertz CT molecular complexity index is 238. The largest absolute Gasteiger partial charge is 0.382 e. The Morgan fingerprint density at radius 1 is 1.18 bits per heavy atom. The molecule has 0 heterocycles. The van der Waals surface area contributed by atoms with Gasteiger partial charge in [-0.25, -0.2) is 0 Å². The first-order chi connectivity index (χ1) is 5.34. The summed E-state index contributed by atoms with van der Waals surface area (Å²) in [5, 5.41) is 3.44. The summed E-state index contributed by atoms with van der Waals surface area (Å²) in [6, 6.07) is 9.30. The van der Waals surface area contributed by atoms with Crippen molar-refractivity contribution in [3.63, 3.8) is 0 Å². The maximum atomic E-state index is 3.44. The van der Waals surface area contributed by atoms with Crippen LogP contribution in [0.1, 0.15) is 12.8 Å². The second-order valence-electron chi connectivity index (χ2n) is 2.93. The summed E-state index contributed by atoms with van der Waals surface area (Å²) < 4.78 is 1.30. The van der Waals surface area contributed by atoms with Gasteiger partial charge >= 0.3 is 0 Å². The van der Waals surface area contributed by atoms with Crippen LogP contribution in [0.5, 0.6) is 0 Å². The first-order valence-corrected chi connectivity index (χ1v) is 4.94. The molecule has 2 rings (SSSR count). The summed E-state index contributed by atoms with van der Waals surface area (Å²) in [6.45, 7) is 0. The number of benzene rings is 1. The van der Waals surface area contributed by atoms with Crippen molar-refractivity contribution < 1.29 is 0 Å². The summed E-state index contributed by atoms with van der Waals surface area (Å²) >= 11 is 2.32. The van der Waals surface area contributed by atoms with Crippen LogP contribution in [-0.4, -0.2) is 6.04 Å². The molecule has 0 saturated heterocycles. The van der Waals surface area contributed by atoms with Gasteiger partial charge in [-0.15, -0.1) is 0 Å². The molecule has 1 N–H and O–H groups in total. The lowest BCUT2D eigenvalue weighted by Gasteiger charge is -2.02. The van der Waals surface area contributed by atoms with Crippen LogP contribution in [0, 0.1) is 3.57 Å². The van der Waals surface area contributed by atoms with Crippen molar-refractivity contribution in [1.82, 2.24) is 0 Å². The third-order valence-electron chi connectivity index (χ3n) is 1.79. The van der Waals surface area contributed by atoms with Crippen molar-refractivity contribution >= 4 is 28.3 Å². The summed E-state index contributed by atoms with van der Waals surface area (Å²) in [7, 11) is 0. The highest BCUT2D eigenvalue weighted by molar-refractivity contribution is 14.1. The number of hydrogen-bond acceptors (Lipinski definition) is 1. The van der Waals surface area contributed by atoms with Crippen LogP contribution in [-0.2, 0) is 0 Å². The molecule has 1 aliphatic carbocycles. The van der Waals surface area contributed by atoms with Crippen LogP contribution in [0.3, 0.4) is 0 Å². The van der Waals surface area contributed by atoms with Crippen LogP contribution in [0.25, 0.3) is 0 Å². The second-order valence-corrected chi connectivity index (χ2v) is 4.17. The molecule has 1 saturated carbocycles. The normalized spacial score (nSPS) is 16.5. The van der Waals surface area contributed by atoms with Crippen molar-refractivity contribution in [2.45, 2.75) is 18.9 Å². The van der Waals surface area contributed by atoms with Gasteiger partial charge in [0.2, 0.25) is 0 Å². The summed E-state index contributed by atoms with van der Waals surface area (Å²) in [5.74, 6) is 0. The van der Waals surface area contributed by atoms with E-state index in [0.29, 0.717) is 0 Å². The van der Waals surface area contributed by atoms with Crippen molar-refractivity contribution in [2.75, 3.05) is 5.32 Å². The number of halogens is 1. The molecule has 0 spiro atoms. The lowest BCUT2D eigenvalue weighted by molar-refractivity contribution is 1.16. The second kappa shape index (κ2) is 3.01. The van der Waals surface area contributed by atoms with Gasteiger partial charge in [0, 0.05) is 15.3 Å². The third-order valence-corrected chi connectivity index (χ3v) is 2.51. The van der Waals surface area contributed by atoms with Gasteiger partial charge in [-0.1, -0.05) is 0 Å². The standard InChI is InChI=1S/C9H10IN/c10-7-1-3-8(4-2-7)11-9-5-6-9/h1-4,9,11H,5-6H2. The van der Waals surface area contributed by atoms with Gasteiger partial charge in [0.05, 0.1) is 0 Å². The molecule has 0 atom stereocenters. The average molecular weight is 259 g/mol. The Balaban J connectivity index is 2.06. The zero-order valence-corrected chi connectivity index (χ0v) is 8.34. The smallest absolute Gasteiger partial charge is 0.0343 e. The first kappa shape index (κ1) is 7.40. The fraction of sp³-hybridized carbons (Fsp3) is 0.333. The molecule has 0 radical (unpaired) electrons. The maximum Gasteiger partial charge on any atom is 0.0343 e. The van der Waals surface area contributed by atoms with Gasteiger partial charge < -0.3 is 5.32 Å². The predicted molar refractivity (Wildman–Crippen MR) is 55.8 cm³/mol. The highest BCUT2D eigenvalue weighted by atomic mass is 127. The number of anilines is 1. The van der Waals surface area contributed by atoms with Crippen LogP contribution in [0.15, 0.2) is 24.3 Å². The van der Waals surface area contributed by atoms with E-state index in [2.05, 4.69) is 52.2 Å². The molecule has 1 aliphatic rings. The van der Waals surface area contributed by atoms with Gasteiger partial charge in [-0.2, -0.15) is 0 Å². The first-order valence-electron chi connectivity index (χ1n) is 3.87. The molecule has 1 aromatic rings. The van der Waals surface area contributed by atoms with Gasteiger partial charge in [-0.3, -0.25) is 0 Å². The molecule has 2 heteroatoms. The Hall–Kier alpha value is -0.250. The fourth-order valence-electron chi connectivity index (χ4n) is 1.01. The molecule has 0 aromatic heterocycles. The average Bonchev–Trinajstić information content (AvgIpc) is 2.78. The maximum absolute atomic E-state index is 3.44.